The second-order valence-corrected chi connectivity index (χ2v) is 6.52. The highest BCUT2D eigenvalue weighted by Gasteiger charge is 2.27. The Labute approximate surface area is 133 Å². The van der Waals surface area contributed by atoms with E-state index in [1.165, 1.54) is 5.56 Å². The van der Waals surface area contributed by atoms with Crippen molar-refractivity contribution in [3.05, 3.63) is 64.7 Å². The van der Waals surface area contributed by atoms with Crippen LogP contribution in [-0.4, -0.2) is 15.6 Å². The van der Waals surface area contributed by atoms with Gasteiger partial charge in [0.25, 0.3) is 0 Å². The topological polar surface area (TPSA) is 34.9 Å². The molecule has 3 nitrogen and oxygen atoms in total. The predicted octanol–water partition coefficient (Wildman–Crippen LogP) is 4.18. The molecule has 0 radical (unpaired) electrons. The van der Waals surface area contributed by atoms with E-state index in [1.54, 1.807) is 11.3 Å². The number of hydrogen-bond donors (Lipinski definition) is 0. The normalized spacial score (nSPS) is 14.1. The fraction of sp³-hybridized carbons (Fsp3) is 0.222. The third-order valence-corrected chi connectivity index (χ3v) is 4.93. The van der Waals surface area contributed by atoms with E-state index in [0.717, 1.165) is 34.7 Å². The number of carbonyl (C=O) groups is 1. The molecule has 1 aromatic carbocycles. The highest BCUT2D eigenvalue weighted by Crippen LogP contribution is 2.34. The number of benzene rings is 1. The van der Waals surface area contributed by atoms with Crippen molar-refractivity contribution in [2.75, 3.05) is 0 Å². The lowest BCUT2D eigenvalue weighted by molar-refractivity contribution is 0.0973. The molecule has 22 heavy (non-hydrogen) atoms. The van der Waals surface area contributed by atoms with Gasteiger partial charge in [-0.2, -0.15) is 5.10 Å². The first kappa shape index (κ1) is 13.5. The molecule has 0 unspecified atom stereocenters. The molecule has 0 saturated carbocycles. The Kier molecular flexibility index (Phi) is 3.39. The summed E-state index contributed by atoms with van der Waals surface area (Å²) in [5.41, 5.74) is 4.02. The molecule has 0 amide bonds. The van der Waals surface area contributed by atoms with E-state index in [0.29, 0.717) is 13.0 Å². The highest BCUT2D eigenvalue weighted by molar-refractivity contribution is 7.13. The van der Waals surface area contributed by atoms with Crippen LogP contribution in [0.15, 0.2) is 47.8 Å². The molecule has 4 heteroatoms. The van der Waals surface area contributed by atoms with Crippen LogP contribution in [0.25, 0.3) is 10.6 Å². The van der Waals surface area contributed by atoms with Crippen LogP contribution in [0.3, 0.4) is 0 Å². The number of aromatic nitrogens is 2. The van der Waals surface area contributed by atoms with Crippen LogP contribution in [0.5, 0.6) is 0 Å². The molecule has 1 aliphatic rings. The summed E-state index contributed by atoms with van der Waals surface area (Å²) in [6, 6.07) is 14.4. The van der Waals surface area contributed by atoms with Gasteiger partial charge in [0.05, 0.1) is 28.4 Å². The van der Waals surface area contributed by atoms with Crippen LogP contribution in [0, 0.1) is 0 Å². The van der Waals surface area contributed by atoms with Gasteiger partial charge in [0.15, 0.2) is 5.78 Å². The van der Waals surface area contributed by atoms with Gasteiger partial charge in [-0.3, -0.25) is 9.48 Å². The molecule has 110 valence electrons. The zero-order valence-electron chi connectivity index (χ0n) is 12.2. The molecule has 2 aromatic heterocycles. The van der Waals surface area contributed by atoms with Gasteiger partial charge >= 0.3 is 0 Å². The van der Waals surface area contributed by atoms with E-state index in [4.69, 9.17) is 5.10 Å². The Bertz CT molecular complexity index is 803. The molecule has 3 aromatic rings. The first-order chi connectivity index (χ1) is 10.8. The summed E-state index contributed by atoms with van der Waals surface area (Å²) in [5.74, 6) is 0.240. The minimum Gasteiger partial charge on any atom is -0.294 e. The average molecular weight is 308 g/mol. The molecule has 2 heterocycles. The fourth-order valence-corrected chi connectivity index (χ4v) is 3.84. The Hall–Kier alpha value is -2.20. The van der Waals surface area contributed by atoms with Crippen LogP contribution in [0.2, 0.25) is 0 Å². The lowest BCUT2D eigenvalue weighted by Gasteiger charge is -2.10. The van der Waals surface area contributed by atoms with Crippen molar-refractivity contribution in [2.45, 2.75) is 25.8 Å². The number of rotatable bonds is 3. The van der Waals surface area contributed by atoms with E-state index >= 15 is 0 Å². The Morgan fingerprint density at radius 2 is 1.95 bits per heavy atom. The van der Waals surface area contributed by atoms with Gasteiger partial charge in [-0.1, -0.05) is 36.4 Å². The van der Waals surface area contributed by atoms with Crippen LogP contribution in [0.4, 0.5) is 0 Å². The van der Waals surface area contributed by atoms with Gasteiger partial charge in [0.1, 0.15) is 0 Å². The number of aryl methyl sites for hydroxylation is 1. The maximum Gasteiger partial charge on any atom is 0.167 e. The standard InChI is InChI=1S/C18H16N2OS/c21-15-9-4-8-14-17(15)18(16-10-5-11-22-16)20(19-14)12-13-6-2-1-3-7-13/h1-3,5-7,10-11H,4,8-9,12H2. The summed E-state index contributed by atoms with van der Waals surface area (Å²) in [4.78, 5) is 13.5. The van der Waals surface area contributed by atoms with Crippen molar-refractivity contribution in [3.8, 4) is 10.6 Å². The summed E-state index contributed by atoms with van der Waals surface area (Å²) in [5, 5.41) is 6.81. The smallest absolute Gasteiger partial charge is 0.167 e. The van der Waals surface area contributed by atoms with E-state index in [1.807, 2.05) is 28.9 Å². The van der Waals surface area contributed by atoms with Crippen molar-refractivity contribution < 1.29 is 4.79 Å². The Morgan fingerprint density at radius 1 is 1.09 bits per heavy atom. The number of hydrogen-bond acceptors (Lipinski definition) is 3. The summed E-state index contributed by atoms with van der Waals surface area (Å²) >= 11 is 1.67. The Balaban J connectivity index is 1.86. The summed E-state index contributed by atoms with van der Waals surface area (Å²) in [6.45, 7) is 0.703. The number of nitrogens with zero attached hydrogens (tertiary/aromatic N) is 2. The summed E-state index contributed by atoms with van der Waals surface area (Å²) in [7, 11) is 0. The van der Waals surface area contributed by atoms with Crippen LogP contribution in [-0.2, 0) is 13.0 Å². The predicted molar refractivity (Wildman–Crippen MR) is 88.4 cm³/mol. The number of thiophene rings is 1. The maximum absolute atomic E-state index is 12.4. The first-order valence-corrected chi connectivity index (χ1v) is 8.41. The molecule has 0 spiro atoms. The molecule has 0 saturated heterocycles. The zero-order chi connectivity index (χ0) is 14.9. The van der Waals surface area contributed by atoms with Crippen LogP contribution < -0.4 is 0 Å². The molecule has 0 aliphatic heterocycles. The first-order valence-electron chi connectivity index (χ1n) is 7.53. The van der Waals surface area contributed by atoms with E-state index < -0.39 is 0 Å². The molecule has 1 aliphatic carbocycles. The quantitative estimate of drug-likeness (QED) is 0.727. The van der Waals surface area contributed by atoms with Gasteiger partial charge in [0, 0.05) is 6.42 Å². The summed E-state index contributed by atoms with van der Waals surface area (Å²) in [6.07, 6.45) is 2.46. The fourth-order valence-electron chi connectivity index (χ4n) is 3.06. The third kappa shape index (κ3) is 2.29. The maximum atomic E-state index is 12.4. The molecule has 4 rings (SSSR count). The van der Waals surface area contributed by atoms with Gasteiger partial charge < -0.3 is 0 Å². The van der Waals surface area contributed by atoms with Gasteiger partial charge in [-0.05, 0) is 29.9 Å². The second-order valence-electron chi connectivity index (χ2n) is 5.57. The largest absolute Gasteiger partial charge is 0.294 e. The second kappa shape index (κ2) is 5.54. The number of carbonyl (C=O) groups excluding carboxylic acids is 1. The SMILES string of the molecule is O=C1CCCc2nn(Cc3ccccc3)c(-c3cccs3)c21. The van der Waals surface area contributed by atoms with Gasteiger partial charge in [-0.15, -0.1) is 11.3 Å². The minimum absolute atomic E-state index is 0.240. The van der Waals surface area contributed by atoms with Crippen molar-refractivity contribution in [2.24, 2.45) is 0 Å². The molecule has 0 N–H and O–H groups in total. The number of Topliss-reactive ketones (excluding diaryl/α,β-unsaturated/α-hetero) is 1. The van der Waals surface area contributed by atoms with Crippen molar-refractivity contribution in [1.29, 1.82) is 0 Å². The van der Waals surface area contributed by atoms with Crippen LogP contribution in [0.1, 0.15) is 34.5 Å². The summed E-state index contributed by atoms with van der Waals surface area (Å²) < 4.78 is 2.01. The van der Waals surface area contributed by atoms with E-state index in [-0.39, 0.29) is 5.78 Å². The van der Waals surface area contributed by atoms with Crippen LogP contribution >= 0.6 is 11.3 Å². The van der Waals surface area contributed by atoms with Crippen molar-refractivity contribution in [1.82, 2.24) is 9.78 Å². The monoisotopic (exact) mass is 308 g/mol. The molecular weight excluding hydrogens is 292 g/mol. The molecular formula is C18H16N2OS. The molecule has 0 bridgehead atoms. The van der Waals surface area contributed by atoms with Crippen molar-refractivity contribution >= 4 is 17.1 Å². The van der Waals surface area contributed by atoms with E-state index in [2.05, 4.69) is 23.6 Å². The van der Waals surface area contributed by atoms with Gasteiger partial charge in [-0.25, -0.2) is 0 Å². The lowest BCUT2D eigenvalue weighted by atomic mass is 9.94. The molecule has 0 atom stereocenters. The van der Waals surface area contributed by atoms with E-state index in [9.17, 15) is 4.79 Å². The minimum atomic E-state index is 0.240. The molecule has 0 fully saturated rings. The third-order valence-electron chi connectivity index (χ3n) is 4.05. The zero-order valence-corrected chi connectivity index (χ0v) is 13.0. The highest BCUT2D eigenvalue weighted by atomic mass is 32.1. The van der Waals surface area contributed by atoms with Crippen molar-refractivity contribution in [3.63, 3.8) is 0 Å². The lowest BCUT2D eigenvalue weighted by Crippen LogP contribution is -2.09. The number of fused-ring (bicyclic) bond motifs is 1. The average Bonchev–Trinajstić information content (AvgIpc) is 3.16. The Morgan fingerprint density at radius 3 is 2.73 bits per heavy atom. The van der Waals surface area contributed by atoms with Gasteiger partial charge in [0.2, 0.25) is 0 Å². The number of ketones is 1.